The van der Waals surface area contributed by atoms with Gasteiger partial charge in [0.25, 0.3) is 0 Å². The van der Waals surface area contributed by atoms with Gasteiger partial charge in [0.15, 0.2) is 5.76 Å². The van der Waals surface area contributed by atoms with Crippen LogP contribution in [0.2, 0.25) is 0 Å². The minimum atomic E-state index is 0.237. The van der Waals surface area contributed by atoms with Crippen molar-refractivity contribution in [2.75, 3.05) is 13.1 Å². The molecule has 4 heteroatoms. The lowest BCUT2D eigenvalue weighted by Crippen LogP contribution is -2.33. The summed E-state index contributed by atoms with van der Waals surface area (Å²) in [5, 5.41) is 4.13. The normalized spacial score (nSPS) is 17.2. The summed E-state index contributed by atoms with van der Waals surface area (Å²) in [5.41, 5.74) is 1.95. The highest BCUT2D eigenvalue weighted by Gasteiger charge is 2.19. The minimum Gasteiger partial charge on any atom is -0.359 e. The number of nitrogens with zero attached hydrogens (tertiary/aromatic N) is 2. The summed E-state index contributed by atoms with van der Waals surface area (Å²) in [5.74, 6) is 1.12. The van der Waals surface area contributed by atoms with E-state index >= 15 is 0 Å². The van der Waals surface area contributed by atoms with Gasteiger partial charge < -0.3 is 9.32 Å². The zero-order valence-electron chi connectivity index (χ0n) is 11.4. The van der Waals surface area contributed by atoms with Crippen LogP contribution in [0.1, 0.15) is 18.6 Å². The summed E-state index contributed by atoms with van der Waals surface area (Å²) in [6, 6.07) is 12.0. The topological polar surface area (TPSA) is 46.3 Å². The minimum absolute atomic E-state index is 0.237. The monoisotopic (exact) mass is 270 g/mol. The molecule has 0 N–H and O–H groups in total. The highest BCUT2D eigenvalue weighted by molar-refractivity contribution is 5.58. The molecule has 3 rings (SSSR count). The number of carbonyl (C=O) groups excluding carboxylic acids is 1. The van der Waals surface area contributed by atoms with Crippen molar-refractivity contribution in [3.05, 3.63) is 42.2 Å². The van der Waals surface area contributed by atoms with Crippen molar-refractivity contribution in [2.24, 2.45) is 5.92 Å². The summed E-state index contributed by atoms with van der Waals surface area (Å²) in [6.45, 7) is 2.67. The molecule has 4 nitrogen and oxygen atoms in total. The fraction of sp³-hybridized carbons (Fsp3) is 0.375. The van der Waals surface area contributed by atoms with Crippen LogP contribution in [-0.4, -0.2) is 29.4 Å². The van der Waals surface area contributed by atoms with Crippen LogP contribution in [0.3, 0.4) is 0 Å². The third-order valence-electron chi connectivity index (χ3n) is 3.83. The van der Waals surface area contributed by atoms with E-state index in [0.717, 1.165) is 55.8 Å². The van der Waals surface area contributed by atoms with E-state index in [9.17, 15) is 4.79 Å². The number of hydrogen-bond acceptors (Lipinski definition) is 4. The van der Waals surface area contributed by atoms with E-state index in [-0.39, 0.29) is 5.92 Å². The van der Waals surface area contributed by atoms with E-state index in [4.69, 9.17) is 4.52 Å². The maximum absolute atomic E-state index is 10.7. The first-order chi connectivity index (χ1) is 9.85. The average Bonchev–Trinajstić information content (AvgIpc) is 2.97. The van der Waals surface area contributed by atoms with Crippen LogP contribution in [0.4, 0.5) is 0 Å². The van der Waals surface area contributed by atoms with Crippen molar-refractivity contribution >= 4 is 6.29 Å². The Kier molecular flexibility index (Phi) is 3.92. The second-order valence-corrected chi connectivity index (χ2v) is 5.29. The van der Waals surface area contributed by atoms with E-state index in [1.54, 1.807) is 0 Å². The van der Waals surface area contributed by atoms with E-state index in [0.29, 0.717) is 0 Å². The number of hydrogen-bond donors (Lipinski definition) is 0. The number of likely N-dealkylation sites (tertiary alicyclic amines) is 1. The first-order valence-corrected chi connectivity index (χ1v) is 7.04. The van der Waals surface area contributed by atoms with Gasteiger partial charge in [-0.3, -0.25) is 4.90 Å². The number of rotatable bonds is 4. The lowest BCUT2D eigenvalue weighted by molar-refractivity contribution is -0.112. The van der Waals surface area contributed by atoms with Gasteiger partial charge in [-0.25, -0.2) is 0 Å². The molecule has 0 aliphatic carbocycles. The Bertz CT molecular complexity index is 557. The third kappa shape index (κ3) is 2.96. The smallest absolute Gasteiger partial charge is 0.151 e. The summed E-state index contributed by atoms with van der Waals surface area (Å²) in [7, 11) is 0. The Balaban J connectivity index is 1.62. The maximum Gasteiger partial charge on any atom is 0.151 e. The van der Waals surface area contributed by atoms with Crippen LogP contribution in [0, 0.1) is 5.92 Å². The van der Waals surface area contributed by atoms with Gasteiger partial charge in [-0.1, -0.05) is 35.5 Å². The number of carbonyl (C=O) groups is 1. The molecule has 0 spiro atoms. The molecule has 0 atom stereocenters. The standard InChI is InChI=1S/C16H18N2O2/c19-12-13-6-8-18(9-7-13)11-15-10-16(17-20-15)14-4-2-1-3-5-14/h1-5,10,12-13H,6-9,11H2. The molecule has 1 aliphatic rings. The number of benzene rings is 1. The zero-order chi connectivity index (χ0) is 13.8. The van der Waals surface area contributed by atoms with Gasteiger partial charge in [-0.05, 0) is 25.9 Å². The van der Waals surface area contributed by atoms with Crippen molar-refractivity contribution in [3.63, 3.8) is 0 Å². The second kappa shape index (κ2) is 6.01. The lowest BCUT2D eigenvalue weighted by atomic mass is 9.98. The van der Waals surface area contributed by atoms with Crippen LogP contribution in [0.15, 0.2) is 40.9 Å². The molecule has 1 aromatic carbocycles. The van der Waals surface area contributed by atoms with E-state index in [2.05, 4.69) is 10.1 Å². The lowest BCUT2D eigenvalue weighted by Gasteiger charge is -2.28. The predicted octanol–water partition coefficient (Wildman–Crippen LogP) is 2.75. The Morgan fingerprint density at radius 2 is 2.00 bits per heavy atom. The molecule has 20 heavy (non-hydrogen) atoms. The quantitative estimate of drug-likeness (QED) is 0.801. The van der Waals surface area contributed by atoms with Crippen LogP contribution in [-0.2, 0) is 11.3 Å². The molecule has 1 aromatic heterocycles. The van der Waals surface area contributed by atoms with E-state index < -0.39 is 0 Å². The Hall–Kier alpha value is -1.94. The van der Waals surface area contributed by atoms with Crippen molar-refractivity contribution in [1.29, 1.82) is 0 Å². The summed E-state index contributed by atoms with van der Waals surface area (Å²) in [6.07, 6.45) is 2.98. The Morgan fingerprint density at radius 1 is 1.25 bits per heavy atom. The number of aldehydes is 1. The third-order valence-corrected chi connectivity index (χ3v) is 3.83. The molecular weight excluding hydrogens is 252 g/mol. The molecule has 0 amide bonds. The summed E-state index contributed by atoms with van der Waals surface area (Å²) >= 11 is 0. The molecule has 2 aromatic rings. The predicted molar refractivity (Wildman–Crippen MR) is 76.0 cm³/mol. The maximum atomic E-state index is 10.7. The van der Waals surface area contributed by atoms with Crippen molar-refractivity contribution in [3.8, 4) is 11.3 Å². The number of aromatic nitrogens is 1. The molecule has 2 heterocycles. The van der Waals surface area contributed by atoms with E-state index in [1.165, 1.54) is 0 Å². The second-order valence-electron chi connectivity index (χ2n) is 5.29. The average molecular weight is 270 g/mol. The molecule has 0 bridgehead atoms. The van der Waals surface area contributed by atoms with Crippen LogP contribution < -0.4 is 0 Å². The molecule has 0 saturated carbocycles. The molecule has 1 aliphatic heterocycles. The van der Waals surface area contributed by atoms with Gasteiger partial charge in [-0.15, -0.1) is 0 Å². The van der Waals surface area contributed by atoms with Gasteiger partial charge in [0, 0.05) is 17.5 Å². The van der Waals surface area contributed by atoms with Crippen LogP contribution in [0.25, 0.3) is 11.3 Å². The fourth-order valence-electron chi connectivity index (χ4n) is 2.60. The van der Waals surface area contributed by atoms with Gasteiger partial charge in [0.05, 0.1) is 6.54 Å². The van der Waals surface area contributed by atoms with Gasteiger partial charge >= 0.3 is 0 Å². The van der Waals surface area contributed by atoms with Crippen molar-refractivity contribution < 1.29 is 9.32 Å². The highest BCUT2D eigenvalue weighted by Crippen LogP contribution is 2.21. The SMILES string of the molecule is O=CC1CCN(Cc2cc(-c3ccccc3)no2)CC1. The summed E-state index contributed by atoms with van der Waals surface area (Å²) in [4.78, 5) is 13.1. The fourth-order valence-corrected chi connectivity index (χ4v) is 2.60. The van der Waals surface area contributed by atoms with Gasteiger partial charge in [0.2, 0.25) is 0 Å². The zero-order valence-corrected chi connectivity index (χ0v) is 11.4. The van der Waals surface area contributed by atoms with Crippen LogP contribution in [0.5, 0.6) is 0 Å². The molecule has 104 valence electrons. The van der Waals surface area contributed by atoms with Crippen LogP contribution >= 0.6 is 0 Å². The molecular formula is C16H18N2O2. The molecule has 0 unspecified atom stereocenters. The Morgan fingerprint density at radius 3 is 2.70 bits per heavy atom. The largest absolute Gasteiger partial charge is 0.359 e. The van der Waals surface area contributed by atoms with Crippen molar-refractivity contribution in [1.82, 2.24) is 10.1 Å². The summed E-state index contributed by atoms with van der Waals surface area (Å²) < 4.78 is 5.41. The Labute approximate surface area is 118 Å². The van der Waals surface area contributed by atoms with E-state index in [1.807, 2.05) is 36.4 Å². The van der Waals surface area contributed by atoms with Crippen molar-refractivity contribution in [2.45, 2.75) is 19.4 Å². The highest BCUT2D eigenvalue weighted by atomic mass is 16.5. The molecule has 1 fully saturated rings. The van der Waals surface area contributed by atoms with Gasteiger partial charge in [0.1, 0.15) is 12.0 Å². The first-order valence-electron chi connectivity index (χ1n) is 7.04. The first kappa shape index (κ1) is 13.1. The molecule has 1 saturated heterocycles. The molecule has 0 radical (unpaired) electrons. The number of piperidine rings is 1. The van der Waals surface area contributed by atoms with Gasteiger partial charge in [-0.2, -0.15) is 0 Å².